The summed E-state index contributed by atoms with van der Waals surface area (Å²) in [5.74, 6) is 1.15. The smallest absolute Gasteiger partial charge is 0.247 e. The maximum Gasteiger partial charge on any atom is 0.247 e. The molecule has 4 heteroatoms. The standard InChI is InChI=1S/C12H15N3O/c1-8-3-4-10(7-9(8)2)12-15-14-11(16-12)5-6-13/h3-4,7H,5-6,13H2,1-2H3. The van der Waals surface area contributed by atoms with Crippen molar-refractivity contribution in [2.75, 3.05) is 6.54 Å². The van der Waals surface area contributed by atoms with Crippen molar-refractivity contribution in [3.63, 3.8) is 0 Å². The van der Waals surface area contributed by atoms with E-state index in [4.69, 9.17) is 10.2 Å². The Labute approximate surface area is 94.5 Å². The lowest BCUT2D eigenvalue weighted by Crippen LogP contribution is -2.02. The summed E-state index contributed by atoms with van der Waals surface area (Å²) < 4.78 is 5.50. The molecule has 1 aromatic heterocycles. The minimum atomic E-state index is 0.522. The monoisotopic (exact) mass is 217 g/mol. The zero-order valence-corrected chi connectivity index (χ0v) is 9.53. The van der Waals surface area contributed by atoms with E-state index in [2.05, 4.69) is 36.2 Å². The molecule has 1 heterocycles. The number of benzene rings is 1. The van der Waals surface area contributed by atoms with E-state index in [-0.39, 0.29) is 0 Å². The van der Waals surface area contributed by atoms with Crippen LogP contribution in [0, 0.1) is 13.8 Å². The fraction of sp³-hybridized carbons (Fsp3) is 0.333. The molecule has 1 aromatic carbocycles. The molecular weight excluding hydrogens is 202 g/mol. The van der Waals surface area contributed by atoms with Gasteiger partial charge >= 0.3 is 0 Å². The van der Waals surface area contributed by atoms with E-state index >= 15 is 0 Å². The molecule has 0 aliphatic rings. The first-order valence-electron chi connectivity index (χ1n) is 5.31. The Bertz CT molecular complexity index is 491. The first kappa shape index (κ1) is 10.8. The van der Waals surface area contributed by atoms with Gasteiger partial charge in [0.2, 0.25) is 11.8 Å². The van der Waals surface area contributed by atoms with E-state index in [1.54, 1.807) is 0 Å². The second-order valence-electron chi connectivity index (χ2n) is 3.84. The Morgan fingerprint density at radius 2 is 2.00 bits per heavy atom. The fourth-order valence-corrected chi connectivity index (χ4v) is 1.47. The van der Waals surface area contributed by atoms with Gasteiger partial charge in [0.1, 0.15) is 0 Å². The first-order chi connectivity index (χ1) is 7.70. The topological polar surface area (TPSA) is 64.9 Å². The minimum absolute atomic E-state index is 0.522. The molecule has 84 valence electrons. The second-order valence-corrected chi connectivity index (χ2v) is 3.84. The summed E-state index contributed by atoms with van der Waals surface area (Å²) in [6.07, 6.45) is 0.623. The highest BCUT2D eigenvalue weighted by molar-refractivity contribution is 5.55. The van der Waals surface area contributed by atoms with Gasteiger partial charge in [-0.1, -0.05) is 6.07 Å². The SMILES string of the molecule is Cc1ccc(-c2nnc(CCN)o2)cc1C. The summed E-state index contributed by atoms with van der Waals surface area (Å²) >= 11 is 0. The molecule has 0 aliphatic heterocycles. The van der Waals surface area contributed by atoms with Gasteiger partial charge in [-0.15, -0.1) is 10.2 Å². The first-order valence-corrected chi connectivity index (χ1v) is 5.31. The number of aryl methyl sites for hydroxylation is 2. The highest BCUT2D eigenvalue weighted by atomic mass is 16.4. The molecule has 2 aromatic rings. The normalized spacial score (nSPS) is 10.7. The van der Waals surface area contributed by atoms with E-state index in [1.165, 1.54) is 11.1 Å². The summed E-state index contributed by atoms with van der Waals surface area (Å²) in [6.45, 7) is 4.66. The van der Waals surface area contributed by atoms with Gasteiger partial charge in [0, 0.05) is 18.5 Å². The molecule has 0 fully saturated rings. The van der Waals surface area contributed by atoms with Crippen LogP contribution in [0.5, 0.6) is 0 Å². The lowest BCUT2D eigenvalue weighted by atomic mass is 10.1. The quantitative estimate of drug-likeness (QED) is 0.852. The van der Waals surface area contributed by atoms with Crippen molar-refractivity contribution in [3.05, 3.63) is 35.2 Å². The molecular formula is C12H15N3O. The van der Waals surface area contributed by atoms with Crippen LogP contribution in [0.1, 0.15) is 17.0 Å². The van der Waals surface area contributed by atoms with Crippen molar-refractivity contribution < 1.29 is 4.42 Å². The van der Waals surface area contributed by atoms with Gasteiger partial charge in [-0.2, -0.15) is 0 Å². The van der Waals surface area contributed by atoms with Crippen LogP contribution in [0.3, 0.4) is 0 Å². The molecule has 0 bridgehead atoms. The zero-order chi connectivity index (χ0) is 11.5. The lowest BCUT2D eigenvalue weighted by molar-refractivity contribution is 0.507. The molecule has 2 rings (SSSR count). The van der Waals surface area contributed by atoms with Gasteiger partial charge in [0.25, 0.3) is 0 Å². The summed E-state index contributed by atoms with van der Waals surface area (Å²) in [5.41, 5.74) is 8.86. The van der Waals surface area contributed by atoms with Crippen molar-refractivity contribution in [1.82, 2.24) is 10.2 Å². The molecule has 0 unspecified atom stereocenters. The highest BCUT2D eigenvalue weighted by Crippen LogP contribution is 2.20. The number of hydrogen-bond donors (Lipinski definition) is 1. The molecule has 16 heavy (non-hydrogen) atoms. The molecule has 0 aliphatic carbocycles. The third-order valence-electron chi connectivity index (χ3n) is 2.58. The van der Waals surface area contributed by atoms with Crippen molar-refractivity contribution in [2.45, 2.75) is 20.3 Å². The Morgan fingerprint density at radius 3 is 2.69 bits per heavy atom. The largest absolute Gasteiger partial charge is 0.421 e. The Kier molecular flexibility index (Phi) is 3.01. The Balaban J connectivity index is 2.31. The van der Waals surface area contributed by atoms with Crippen LogP contribution in [-0.4, -0.2) is 16.7 Å². The predicted molar refractivity (Wildman–Crippen MR) is 62.0 cm³/mol. The average molecular weight is 217 g/mol. The Hall–Kier alpha value is -1.68. The molecule has 0 atom stereocenters. The fourth-order valence-electron chi connectivity index (χ4n) is 1.47. The molecule has 4 nitrogen and oxygen atoms in total. The van der Waals surface area contributed by atoms with Crippen LogP contribution in [0.2, 0.25) is 0 Å². The number of nitrogens with two attached hydrogens (primary N) is 1. The van der Waals surface area contributed by atoms with Crippen LogP contribution in [0.4, 0.5) is 0 Å². The highest BCUT2D eigenvalue weighted by Gasteiger charge is 2.08. The van der Waals surface area contributed by atoms with E-state index in [9.17, 15) is 0 Å². The van der Waals surface area contributed by atoms with Crippen molar-refractivity contribution in [2.24, 2.45) is 5.73 Å². The number of rotatable bonds is 3. The van der Waals surface area contributed by atoms with Crippen LogP contribution in [0.15, 0.2) is 22.6 Å². The summed E-state index contributed by atoms with van der Waals surface area (Å²) in [5, 5.41) is 7.94. The van der Waals surface area contributed by atoms with Gasteiger partial charge < -0.3 is 10.2 Å². The zero-order valence-electron chi connectivity index (χ0n) is 9.53. The predicted octanol–water partition coefficient (Wildman–Crippen LogP) is 1.85. The number of aromatic nitrogens is 2. The Morgan fingerprint density at radius 1 is 1.19 bits per heavy atom. The maximum atomic E-state index is 5.50. The maximum absolute atomic E-state index is 5.50. The number of nitrogens with zero attached hydrogens (tertiary/aromatic N) is 2. The van der Waals surface area contributed by atoms with Crippen LogP contribution < -0.4 is 5.73 Å². The lowest BCUT2D eigenvalue weighted by Gasteiger charge is -2.00. The summed E-state index contributed by atoms with van der Waals surface area (Å²) in [7, 11) is 0. The van der Waals surface area contributed by atoms with Crippen molar-refractivity contribution in [1.29, 1.82) is 0 Å². The van der Waals surface area contributed by atoms with E-state index in [1.807, 2.05) is 6.07 Å². The minimum Gasteiger partial charge on any atom is -0.421 e. The average Bonchev–Trinajstić information content (AvgIpc) is 2.71. The molecule has 0 spiro atoms. The third kappa shape index (κ3) is 2.12. The summed E-state index contributed by atoms with van der Waals surface area (Å²) in [6, 6.07) is 6.09. The number of hydrogen-bond acceptors (Lipinski definition) is 4. The van der Waals surface area contributed by atoms with E-state index in [0.717, 1.165) is 5.56 Å². The van der Waals surface area contributed by atoms with Crippen LogP contribution in [-0.2, 0) is 6.42 Å². The van der Waals surface area contributed by atoms with E-state index in [0.29, 0.717) is 24.7 Å². The molecule has 0 saturated heterocycles. The van der Waals surface area contributed by atoms with Gasteiger partial charge in [0.15, 0.2) is 0 Å². The molecule has 0 amide bonds. The van der Waals surface area contributed by atoms with Gasteiger partial charge in [0.05, 0.1) is 0 Å². The molecule has 2 N–H and O–H groups in total. The third-order valence-corrected chi connectivity index (χ3v) is 2.58. The van der Waals surface area contributed by atoms with Gasteiger partial charge in [-0.25, -0.2) is 0 Å². The van der Waals surface area contributed by atoms with E-state index < -0.39 is 0 Å². The molecule has 0 saturated carbocycles. The summed E-state index contributed by atoms with van der Waals surface area (Å²) in [4.78, 5) is 0. The van der Waals surface area contributed by atoms with Gasteiger partial charge in [-0.3, -0.25) is 0 Å². The second kappa shape index (κ2) is 4.45. The van der Waals surface area contributed by atoms with Crippen LogP contribution >= 0.6 is 0 Å². The molecule has 0 radical (unpaired) electrons. The van der Waals surface area contributed by atoms with Crippen LogP contribution in [0.25, 0.3) is 11.5 Å². The van der Waals surface area contributed by atoms with Gasteiger partial charge in [-0.05, 0) is 37.1 Å². The van der Waals surface area contributed by atoms with Crippen molar-refractivity contribution >= 4 is 0 Å². The van der Waals surface area contributed by atoms with Crippen molar-refractivity contribution in [3.8, 4) is 11.5 Å².